The molecule has 80 valence electrons. The molecule has 2 amide bonds. The average molecular weight is 196 g/mol. The third kappa shape index (κ3) is 1.72. The second kappa shape index (κ2) is 3.79. The van der Waals surface area contributed by atoms with Crippen LogP contribution in [0.15, 0.2) is 0 Å². The first-order chi connectivity index (χ1) is 6.68. The summed E-state index contributed by atoms with van der Waals surface area (Å²) in [5.41, 5.74) is 0. The first kappa shape index (κ1) is 9.81. The van der Waals surface area contributed by atoms with Gasteiger partial charge in [-0.2, -0.15) is 0 Å². The standard InChI is InChI=1S/C11H20N2O/c1-9(2)10-4-7-13(8-10)11(14)12-5-3-6-12/h9-10H,3-8H2,1-2H3. The van der Waals surface area contributed by atoms with Crippen LogP contribution in [-0.2, 0) is 0 Å². The van der Waals surface area contributed by atoms with Gasteiger partial charge in [-0.05, 0) is 24.7 Å². The largest absolute Gasteiger partial charge is 0.325 e. The minimum Gasteiger partial charge on any atom is -0.325 e. The maximum atomic E-state index is 11.8. The summed E-state index contributed by atoms with van der Waals surface area (Å²) < 4.78 is 0. The van der Waals surface area contributed by atoms with E-state index >= 15 is 0 Å². The van der Waals surface area contributed by atoms with Crippen LogP contribution in [0, 0.1) is 11.8 Å². The number of carbonyl (C=O) groups is 1. The summed E-state index contributed by atoms with van der Waals surface area (Å²) in [6.45, 7) is 8.40. The zero-order valence-electron chi connectivity index (χ0n) is 9.20. The Morgan fingerprint density at radius 2 is 1.93 bits per heavy atom. The summed E-state index contributed by atoms with van der Waals surface area (Å²) in [5, 5.41) is 0. The van der Waals surface area contributed by atoms with Crippen LogP contribution < -0.4 is 0 Å². The highest BCUT2D eigenvalue weighted by Gasteiger charge is 2.32. The molecular weight excluding hydrogens is 176 g/mol. The SMILES string of the molecule is CC(C)C1CCN(C(=O)N2CCC2)C1. The van der Waals surface area contributed by atoms with Crippen molar-refractivity contribution in [3.63, 3.8) is 0 Å². The van der Waals surface area contributed by atoms with Crippen molar-refractivity contribution in [2.24, 2.45) is 11.8 Å². The topological polar surface area (TPSA) is 23.6 Å². The highest BCUT2D eigenvalue weighted by atomic mass is 16.2. The molecule has 14 heavy (non-hydrogen) atoms. The van der Waals surface area contributed by atoms with Crippen molar-refractivity contribution < 1.29 is 4.79 Å². The predicted molar refractivity (Wildman–Crippen MR) is 56.1 cm³/mol. The lowest BCUT2D eigenvalue weighted by atomic mass is 9.95. The van der Waals surface area contributed by atoms with E-state index in [4.69, 9.17) is 0 Å². The number of amides is 2. The monoisotopic (exact) mass is 196 g/mol. The van der Waals surface area contributed by atoms with E-state index in [0.717, 1.165) is 32.1 Å². The summed E-state index contributed by atoms with van der Waals surface area (Å²) >= 11 is 0. The van der Waals surface area contributed by atoms with Gasteiger partial charge in [-0.1, -0.05) is 13.8 Å². The number of hydrogen-bond acceptors (Lipinski definition) is 1. The van der Waals surface area contributed by atoms with Gasteiger partial charge in [-0.3, -0.25) is 0 Å². The third-order valence-corrected chi connectivity index (χ3v) is 3.56. The van der Waals surface area contributed by atoms with Gasteiger partial charge in [0.1, 0.15) is 0 Å². The fourth-order valence-electron chi connectivity index (χ4n) is 2.21. The molecule has 0 spiro atoms. The molecule has 0 radical (unpaired) electrons. The third-order valence-electron chi connectivity index (χ3n) is 3.56. The van der Waals surface area contributed by atoms with E-state index in [2.05, 4.69) is 13.8 Å². The molecule has 1 unspecified atom stereocenters. The van der Waals surface area contributed by atoms with Gasteiger partial charge >= 0.3 is 6.03 Å². The number of urea groups is 1. The highest BCUT2D eigenvalue weighted by Crippen LogP contribution is 2.25. The van der Waals surface area contributed by atoms with Crippen LogP contribution in [0.2, 0.25) is 0 Å². The lowest BCUT2D eigenvalue weighted by Gasteiger charge is -2.34. The Morgan fingerprint density at radius 3 is 2.36 bits per heavy atom. The number of nitrogens with zero attached hydrogens (tertiary/aromatic N) is 2. The van der Waals surface area contributed by atoms with Crippen molar-refractivity contribution in [1.29, 1.82) is 0 Å². The molecule has 0 aromatic carbocycles. The minimum absolute atomic E-state index is 0.277. The molecule has 0 aromatic heterocycles. The van der Waals surface area contributed by atoms with E-state index in [1.807, 2.05) is 9.80 Å². The molecule has 0 aromatic rings. The van der Waals surface area contributed by atoms with Crippen LogP contribution in [0.3, 0.4) is 0 Å². The van der Waals surface area contributed by atoms with Gasteiger partial charge in [0.05, 0.1) is 0 Å². The zero-order chi connectivity index (χ0) is 10.1. The summed E-state index contributed by atoms with van der Waals surface area (Å²) in [4.78, 5) is 15.8. The van der Waals surface area contributed by atoms with Crippen LogP contribution in [0.25, 0.3) is 0 Å². The maximum absolute atomic E-state index is 11.8. The fourth-order valence-corrected chi connectivity index (χ4v) is 2.21. The van der Waals surface area contributed by atoms with Gasteiger partial charge in [0.25, 0.3) is 0 Å². The molecule has 2 aliphatic rings. The number of carbonyl (C=O) groups excluding carboxylic acids is 1. The van der Waals surface area contributed by atoms with E-state index in [1.54, 1.807) is 0 Å². The van der Waals surface area contributed by atoms with Gasteiger partial charge in [-0.25, -0.2) is 4.79 Å². The average Bonchev–Trinajstić information content (AvgIpc) is 2.48. The van der Waals surface area contributed by atoms with E-state index in [9.17, 15) is 4.79 Å². The number of hydrogen-bond donors (Lipinski definition) is 0. The Labute approximate surface area is 86.1 Å². The minimum atomic E-state index is 0.277. The molecule has 0 saturated carbocycles. The molecule has 0 N–H and O–H groups in total. The molecule has 2 heterocycles. The van der Waals surface area contributed by atoms with Crippen molar-refractivity contribution >= 4 is 6.03 Å². The van der Waals surface area contributed by atoms with Crippen molar-refractivity contribution in [3.05, 3.63) is 0 Å². The van der Waals surface area contributed by atoms with Crippen LogP contribution in [0.5, 0.6) is 0 Å². The van der Waals surface area contributed by atoms with Crippen molar-refractivity contribution in [1.82, 2.24) is 9.80 Å². The molecule has 1 atom stereocenters. The van der Waals surface area contributed by atoms with E-state index in [1.165, 1.54) is 12.8 Å². The number of likely N-dealkylation sites (tertiary alicyclic amines) is 2. The molecule has 3 nitrogen and oxygen atoms in total. The summed E-state index contributed by atoms with van der Waals surface area (Å²) in [5.74, 6) is 1.43. The molecule has 2 saturated heterocycles. The Balaban J connectivity index is 1.85. The number of rotatable bonds is 1. The van der Waals surface area contributed by atoms with Gasteiger partial charge in [0, 0.05) is 26.2 Å². The lowest BCUT2D eigenvalue weighted by Crippen LogP contribution is -2.49. The van der Waals surface area contributed by atoms with Gasteiger partial charge in [-0.15, -0.1) is 0 Å². The van der Waals surface area contributed by atoms with E-state index in [-0.39, 0.29) is 6.03 Å². The second-order valence-electron chi connectivity index (χ2n) is 4.86. The van der Waals surface area contributed by atoms with Gasteiger partial charge in [0.2, 0.25) is 0 Å². The maximum Gasteiger partial charge on any atom is 0.320 e. The molecule has 2 aliphatic heterocycles. The highest BCUT2D eigenvalue weighted by molar-refractivity contribution is 5.75. The summed E-state index contributed by atoms with van der Waals surface area (Å²) in [7, 11) is 0. The zero-order valence-corrected chi connectivity index (χ0v) is 9.20. The smallest absolute Gasteiger partial charge is 0.320 e. The normalized spacial score (nSPS) is 26.9. The predicted octanol–water partition coefficient (Wildman–Crippen LogP) is 1.79. The van der Waals surface area contributed by atoms with Crippen LogP contribution in [-0.4, -0.2) is 42.0 Å². The van der Waals surface area contributed by atoms with Crippen molar-refractivity contribution in [2.75, 3.05) is 26.2 Å². The summed E-state index contributed by atoms with van der Waals surface area (Å²) in [6.07, 6.45) is 2.38. The molecule has 3 heteroatoms. The fraction of sp³-hybridized carbons (Fsp3) is 0.909. The quantitative estimate of drug-likeness (QED) is 0.627. The van der Waals surface area contributed by atoms with Gasteiger partial charge in [0.15, 0.2) is 0 Å². The van der Waals surface area contributed by atoms with Crippen LogP contribution in [0.4, 0.5) is 4.79 Å². The molecule has 2 fully saturated rings. The second-order valence-corrected chi connectivity index (χ2v) is 4.86. The Morgan fingerprint density at radius 1 is 1.21 bits per heavy atom. The van der Waals surface area contributed by atoms with Crippen LogP contribution >= 0.6 is 0 Å². The first-order valence-corrected chi connectivity index (χ1v) is 5.72. The van der Waals surface area contributed by atoms with E-state index in [0.29, 0.717) is 5.92 Å². The van der Waals surface area contributed by atoms with Gasteiger partial charge < -0.3 is 9.80 Å². The van der Waals surface area contributed by atoms with Crippen molar-refractivity contribution in [3.8, 4) is 0 Å². The Kier molecular flexibility index (Phi) is 2.66. The lowest BCUT2D eigenvalue weighted by molar-refractivity contribution is 0.133. The summed E-state index contributed by atoms with van der Waals surface area (Å²) in [6, 6.07) is 0.277. The molecule has 0 aliphatic carbocycles. The molecule has 0 bridgehead atoms. The first-order valence-electron chi connectivity index (χ1n) is 5.72. The molecule has 2 rings (SSSR count). The van der Waals surface area contributed by atoms with Crippen LogP contribution in [0.1, 0.15) is 26.7 Å². The van der Waals surface area contributed by atoms with E-state index < -0.39 is 0 Å². The molecular formula is C11H20N2O. The Hall–Kier alpha value is -0.730. The van der Waals surface area contributed by atoms with Crippen molar-refractivity contribution in [2.45, 2.75) is 26.7 Å². The Bertz CT molecular complexity index is 223.